The quantitative estimate of drug-likeness (QED) is 0.0960. The van der Waals surface area contributed by atoms with E-state index in [1.165, 1.54) is 0 Å². The van der Waals surface area contributed by atoms with Gasteiger partial charge in [-0.05, 0) is 178 Å². The first-order chi connectivity index (χ1) is 46.6. The Morgan fingerprint density at radius 3 is 0.638 bits per heavy atom. The van der Waals surface area contributed by atoms with Crippen LogP contribution in [0.3, 0.4) is 0 Å². The van der Waals surface area contributed by atoms with Gasteiger partial charge in [-0.1, -0.05) is 231 Å². The highest BCUT2D eigenvalue weighted by Gasteiger charge is 2.24. The largest absolute Gasteiger partial charge is 0.311 e. The second kappa shape index (κ2) is 25.3. The van der Waals surface area contributed by atoms with E-state index in [0.29, 0.717) is 0 Å². The molecular formula is C88H62N6. The van der Waals surface area contributed by atoms with Gasteiger partial charge in [0.05, 0.1) is 22.4 Å². The third-order valence-corrected chi connectivity index (χ3v) is 17.6. The van der Waals surface area contributed by atoms with Crippen LogP contribution in [0.5, 0.6) is 0 Å². The summed E-state index contributed by atoms with van der Waals surface area (Å²) in [5, 5.41) is 4.63. The molecule has 1 aromatic heterocycles. The average molecular weight is 1200 g/mol. The first kappa shape index (κ1) is 56.6. The molecule has 0 spiro atoms. The lowest BCUT2D eigenvalue weighted by molar-refractivity contribution is 1.25. The minimum atomic E-state index is 0.776. The van der Waals surface area contributed by atoms with Crippen LogP contribution < -0.4 is 19.6 Å². The molecule has 16 aromatic rings. The molecule has 0 radical (unpaired) electrons. The van der Waals surface area contributed by atoms with E-state index < -0.39 is 0 Å². The molecule has 94 heavy (non-hydrogen) atoms. The second-order valence-corrected chi connectivity index (χ2v) is 23.3. The number of aromatic nitrogens is 2. The van der Waals surface area contributed by atoms with Crippen LogP contribution in [0.1, 0.15) is 0 Å². The number of para-hydroxylation sites is 6. The van der Waals surface area contributed by atoms with Gasteiger partial charge in [0.15, 0.2) is 0 Å². The molecule has 0 N–H and O–H groups in total. The van der Waals surface area contributed by atoms with Gasteiger partial charge >= 0.3 is 0 Å². The van der Waals surface area contributed by atoms with Gasteiger partial charge in [-0.2, -0.15) is 0 Å². The summed E-state index contributed by atoms with van der Waals surface area (Å²) < 4.78 is 0. The highest BCUT2D eigenvalue weighted by atomic mass is 15.2. The topological polar surface area (TPSA) is 38.7 Å². The van der Waals surface area contributed by atoms with E-state index in [2.05, 4.69) is 396 Å². The predicted octanol–water partition coefficient (Wildman–Crippen LogP) is 24.5. The van der Waals surface area contributed by atoms with Crippen LogP contribution in [0.4, 0.5) is 68.2 Å². The summed E-state index contributed by atoms with van der Waals surface area (Å²) in [7, 11) is 0. The SMILES string of the molecule is c1ccc(N(c2ccccc2)c2ccc(N(c3ccccc3)c3ccc(-c4nc5c(-c6cccc7ccccc67)ccc(-c6cccc7ccccc67)c5nc4-c4ccc(N(c5ccccc5)c5ccc(N(c6ccccc6)c6ccccc6)cc5)cc4)cc3)cc2)cc1. The molecule has 6 nitrogen and oxygen atoms in total. The van der Waals surface area contributed by atoms with E-state index in [9.17, 15) is 0 Å². The van der Waals surface area contributed by atoms with Crippen molar-refractivity contribution in [1.82, 2.24) is 9.97 Å². The van der Waals surface area contributed by atoms with Crippen molar-refractivity contribution in [2.45, 2.75) is 0 Å². The molecule has 0 atom stereocenters. The Balaban J connectivity index is 0.853. The molecule has 0 saturated heterocycles. The average Bonchev–Trinajstić information content (AvgIpc) is 0.757. The predicted molar refractivity (Wildman–Crippen MR) is 395 cm³/mol. The van der Waals surface area contributed by atoms with Crippen LogP contribution >= 0.6 is 0 Å². The van der Waals surface area contributed by atoms with Gasteiger partial charge in [0.1, 0.15) is 0 Å². The summed E-state index contributed by atoms with van der Waals surface area (Å²) in [6.45, 7) is 0. The smallest absolute Gasteiger partial charge is 0.0979 e. The van der Waals surface area contributed by atoms with Gasteiger partial charge < -0.3 is 19.6 Å². The van der Waals surface area contributed by atoms with Gasteiger partial charge in [0.25, 0.3) is 0 Å². The van der Waals surface area contributed by atoms with Gasteiger partial charge in [-0.3, -0.25) is 0 Å². The first-order valence-corrected chi connectivity index (χ1v) is 31.9. The van der Waals surface area contributed by atoms with Gasteiger partial charge in [-0.15, -0.1) is 0 Å². The normalized spacial score (nSPS) is 11.2. The van der Waals surface area contributed by atoms with Crippen molar-refractivity contribution in [3.8, 4) is 44.8 Å². The highest BCUT2D eigenvalue weighted by Crippen LogP contribution is 2.46. The van der Waals surface area contributed by atoms with Crippen molar-refractivity contribution in [2.24, 2.45) is 0 Å². The summed E-state index contributed by atoms with van der Waals surface area (Å²) in [6.07, 6.45) is 0. The fourth-order valence-electron chi connectivity index (χ4n) is 13.2. The summed E-state index contributed by atoms with van der Waals surface area (Å²) >= 11 is 0. The number of rotatable bonds is 16. The molecule has 0 aliphatic carbocycles. The second-order valence-electron chi connectivity index (χ2n) is 23.3. The third-order valence-electron chi connectivity index (χ3n) is 17.6. The lowest BCUT2D eigenvalue weighted by Crippen LogP contribution is -2.12. The fourth-order valence-corrected chi connectivity index (χ4v) is 13.2. The maximum absolute atomic E-state index is 5.96. The summed E-state index contributed by atoms with van der Waals surface area (Å²) in [6, 6.07) is 134. The van der Waals surface area contributed by atoms with E-state index in [1.807, 2.05) is 0 Å². The van der Waals surface area contributed by atoms with Crippen LogP contribution in [0, 0.1) is 0 Å². The molecule has 0 unspecified atom stereocenters. The van der Waals surface area contributed by atoms with E-state index in [1.54, 1.807) is 0 Å². The molecule has 0 aliphatic rings. The van der Waals surface area contributed by atoms with Crippen molar-refractivity contribution >= 4 is 101 Å². The molecule has 0 saturated carbocycles. The number of anilines is 12. The summed E-state index contributed by atoms with van der Waals surface area (Å²) in [5.41, 5.74) is 21.9. The van der Waals surface area contributed by atoms with Crippen LogP contribution in [-0.2, 0) is 0 Å². The molecule has 0 amide bonds. The minimum absolute atomic E-state index is 0.776. The molecule has 444 valence electrons. The minimum Gasteiger partial charge on any atom is -0.311 e. The van der Waals surface area contributed by atoms with Crippen LogP contribution in [0.15, 0.2) is 376 Å². The van der Waals surface area contributed by atoms with Crippen molar-refractivity contribution in [2.75, 3.05) is 19.6 Å². The maximum atomic E-state index is 5.96. The molecule has 0 aliphatic heterocycles. The first-order valence-electron chi connectivity index (χ1n) is 31.9. The molecule has 16 rings (SSSR count). The number of hydrogen-bond donors (Lipinski definition) is 0. The van der Waals surface area contributed by atoms with E-state index in [-0.39, 0.29) is 0 Å². The van der Waals surface area contributed by atoms with E-state index in [0.717, 1.165) is 146 Å². The Labute approximate surface area is 548 Å². The molecule has 0 fully saturated rings. The zero-order chi connectivity index (χ0) is 62.6. The number of benzene rings is 15. The lowest BCUT2D eigenvalue weighted by atomic mass is 9.91. The van der Waals surface area contributed by atoms with Crippen molar-refractivity contribution in [1.29, 1.82) is 0 Å². The molecular weight excluding hydrogens is 1140 g/mol. The molecule has 6 heteroatoms. The van der Waals surface area contributed by atoms with E-state index >= 15 is 0 Å². The number of fused-ring (bicyclic) bond motifs is 3. The summed E-state index contributed by atoms with van der Waals surface area (Å²) in [5.74, 6) is 0. The standard InChI is InChI=1S/C88H62N6/c1-7-29-67(30-8-1)91(68-31-9-2-10-32-68)75-53-57-77(58-54-75)93(71-37-15-5-16-38-71)73-49-45-65(46-50-73)85-86(90-88-84(82-44-24-28-64-26-20-22-42-80(64)82)62-61-83(87(88)89-85)81-43-23-27-63-25-19-21-41-79(63)81)66-47-51-74(52-48-66)94(72-39-17-6-18-40-72)78-59-55-76(56-60-78)92(69-33-11-3-12-34-69)70-35-13-4-14-36-70/h1-62H. The maximum Gasteiger partial charge on any atom is 0.0979 e. The van der Waals surface area contributed by atoms with Crippen LogP contribution in [0.2, 0.25) is 0 Å². The highest BCUT2D eigenvalue weighted by molar-refractivity contribution is 6.11. The van der Waals surface area contributed by atoms with Crippen molar-refractivity contribution in [3.05, 3.63) is 376 Å². The Morgan fingerprint density at radius 2 is 0.372 bits per heavy atom. The molecule has 1 heterocycles. The van der Waals surface area contributed by atoms with E-state index in [4.69, 9.17) is 9.97 Å². The third kappa shape index (κ3) is 11.0. The summed E-state index contributed by atoms with van der Waals surface area (Å²) in [4.78, 5) is 21.1. The zero-order valence-corrected chi connectivity index (χ0v) is 51.5. The Bertz CT molecular complexity index is 4850. The monoisotopic (exact) mass is 1200 g/mol. The van der Waals surface area contributed by atoms with Crippen LogP contribution in [0.25, 0.3) is 77.3 Å². The van der Waals surface area contributed by atoms with Crippen molar-refractivity contribution < 1.29 is 0 Å². The number of nitrogens with zero attached hydrogens (tertiary/aromatic N) is 6. The van der Waals surface area contributed by atoms with Gasteiger partial charge in [-0.25, -0.2) is 9.97 Å². The van der Waals surface area contributed by atoms with Crippen LogP contribution in [-0.4, -0.2) is 9.97 Å². The Hall–Kier alpha value is -12.6. The Kier molecular flexibility index (Phi) is 15.2. The zero-order valence-electron chi connectivity index (χ0n) is 51.5. The molecule has 15 aromatic carbocycles. The Morgan fingerprint density at radius 1 is 0.160 bits per heavy atom. The van der Waals surface area contributed by atoms with Gasteiger partial charge in [0.2, 0.25) is 0 Å². The van der Waals surface area contributed by atoms with Crippen molar-refractivity contribution in [3.63, 3.8) is 0 Å². The molecule has 0 bridgehead atoms. The number of hydrogen-bond acceptors (Lipinski definition) is 6. The fraction of sp³-hybridized carbons (Fsp3) is 0. The lowest BCUT2D eigenvalue weighted by Gasteiger charge is -2.28. The van der Waals surface area contributed by atoms with Gasteiger partial charge in [0, 0.05) is 90.5 Å².